The second-order valence-corrected chi connectivity index (χ2v) is 5.90. The third-order valence-electron chi connectivity index (χ3n) is 4.13. The molecule has 2 aliphatic heterocycles. The summed E-state index contributed by atoms with van der Waals surface area (Å²) in [5.74, 6) is 2.02. The Morgan fingerprint density at radius 2 is 2.00 bits per heavy atom. The molecule has 2 heterocycles. The van der Waals surface area contributed by atoms with Gasteiger partial charge in [0.15, 0.2) is 11.5 Å². The lowest BCUT2D eigenvalue weighted by molar-refractivity contribution is 0.0864. The van der Waals surface area contributed by atoms with Gasteiger partial charge in [0, 0.05) is 18.9 Å². The fourth-order valence-corrected chi connectivity index (χ4v) is 3.44. The Bertz CT molecular complexity index is 463. The molecule has 0 N–H and O–H groups in total. The molecule has 110 valence electrons. The molecule has 0 spiro atoms. The van der Waals surface area contributed by atoms with Gasteiger partial charge in [0.25, 0.3) is 0 Å². The van der Waals surface area contributed by atoms with Crippen molar-refractivity contribution in [1.29, 1.82) is 0 Å². The van der Waals surface area contributed by atoms with Crippen molar-refractivity contribution < 1.29 is 14.2 Å². The zero-order chi connectivity index (χ0) is 13.9. The van der Waals surface area contributed by atoms with Crippen molar-refractivity contribution in [1.82, 2.24) is 0 Å². The van der Waals surface area contributed by atoms with Crippen molar-refractivity contribution in [2.24, 2.45) is 5.92 Å². The number of ether oxygens (including phenoxy) is 3. The summed E-state index contributed by atoms with van der Waals surface area (Å²) in [5.41, 5.74) is 1.10. The molecular weight excluding hydrogens is 276 g/mol. The monoisotopic (exact) mass is 296 g/mol. The van der Waals surface area contributed by atoms with Crippen LogP contribution in [0.1, 0.15) is 37.1 Å². The zero-order valence-electron chi connectivity index (χ0n) is 11.8. The van der Waals surface area contributed by atoms with Crippen LogP contribution in [-0.2, 0) is 4.74 Å². The highest BCUT2D eigenvalue weighted by Crippen LogP contribution is 2.42. The van der Waals surface area contributed by atoms with Crippen LogP contribution in [0.25, 0.3) is 0 Å². The Hall–Kier alpha value is -0.930. The Kier molecular flexibility index (Phi) is 4.37. The predicted octanol–water partition coefficient (Wildman–Crippen LogP) is 3.94. The van der Waals surface area contributed by atoms with Crippen LogP contribution in [0.3, 0.4) is 0 Å². The van der Waals surface area contributed by atoms with Gasteiger partial charge in [0.1, 0.15) is 0 Å². The number of rotatable bonds is 3. The van der Waals surface area contributed by atoms with Crippen LogP contribution in [0, 0.1) is 5.92 Å². The molecule has 1 saturated heterocycles. The largest absolute Gasteiger partial charge is 0.490 e. The van der Waals surface area contributed by atoms with Gasteiger partial charge in [-0.25, -0.2) is 0 Å². The molecule has 20 heavy (non-hydrogen) atoms. The number of hydrogen-bond acceptors (Lipinski definition) is 3. The van der Waals surface area contributed by atoms with Gasteiger partial charge in [0.2, 0.25) is 0 Å². The first-order valence-corrected chi connectivity index (χ1v) is 7.88. The Morgan fingerprint density at radius 3 is 2.80 bits per heavy atom. The third-order valence-corrected chi connectivity index (χ3v) is 4.70. The summed E-state index contributed by atoms with van der Waals surface area (Å²) in [7, 11) is 0. The summed E-state index contributed by atoms with van der Waals surface area (Å²) < 4.78 is 17.1. The highest BCUT2D eigenvalue weighted by molar-refractivity contribution is 6.21. The van der Waals surface area contributed by atoms with Crippen molar-refractivity contribution in [3.05, 3.63) is 23.8 Å². The minimum atomic E-state index is -0.0281. The topological polar surface area (TPSA) is 27.7 Å². The van der Waals surface area contributed by atoms with E-state index in [-0.39, 0.29) is 11.5 Å². The molecule has 3 nitrogen and oxygen atoms in total. The van der Waals surface area contributed by atoms with Crippen LogP contribution < -0.4 is 9.47 Å². The number of benzene rings is 1. The molecule has 1 aromatic rings. The number of halogens is 1. The van der Waals surface area contributed by atoms with Crippen LogP contribution in [-0.4, -0.2) is 25.9 Å². The summed E-state index contributed by atoms with van der Waals surface area (Å²) >= 11 is 6.69. The fraction of sp³-hybridized carbons (Fsp3) is 0.625. The van der Waals surface area contributed by atoms with Crippen molar-refractivity contribution in [3.8, 4) is 11.5 Å². The van der Waals surface area contributed by atoms with E-state index in [4.69, 9.17) is 25.8 Å². The lowest BCUT2D eigenvalue weighted by Crippen LogP contribution is -2.19. The minimum Gasteiger partial charge on any atom is -0.490 e. The van der Waals surface area contributed by atoms with Crippen LogP contribution in [0.2, 0.25) is 0 Å². The molecule has 0 radical (unpaired) electrons. The number of fused-ring (bicyclic) bond motifs is 1. The summed E-state index contributed by atoms with van der Waals surface area (Å²) in [4.78, 5) is 0. The molecule has 0 amide bonds. The summed E-state index contributed by atoms with van der Waals surface area (Å²) in [6.07, 6.45) is 3.23. The van der Waals surface area contributed by atoms with Gasteiger partial charge < -0.3 is 14.2 Å². The average molecular weight is 297 g/mol. The summed E-state index contributed by atoms with van der Waals surface area (Å²) in [6.45, 7) is 4.38. The first kappa shape index (κ1) is 14.0. The fourth-order valence-electron chi connectivity index (χ4n) is 3.02. The highest BCUT2D eigenvalue weighted by atomic mass is 35.5. The van der Waals surface area contributed by atoms with Crippen LogP contribution in [0.4, 0.5) is 0 Å². The predicted molar refractivity (Wildman–Crippen MR) is 78.8 cm³/mol. The molecule has 0 aliphatic carbocycles. The second-order valence-electron chi connectivity index (χ2n) is 5.43. The lowest BCUT2D eigenvalue weighted by atomic mass is 9.91. The second kappa shape index (κ2) is 6.23. The SMILES string of the molecule is CCC1OCCC1C(Cl)c1ccc2c(c1)OCCCO2. The van der Waals surface area contributed by atoms with Crippen LogP contribution >= 0.6 is 11.6 Å². The number of alkyl halides is 1. The van der Waals surface area contributed by atoms with E-state index < -0.39 is 0 Å². The lowest BCUT2D eigenvalue weighted by Gasteiger charge is -2.23. The van der Waals surface area contributed by atoms with Gasteiger partial charge in [-0.1, -0.05) is 13.0 Å². The van der Waals surface area contributed by atoms with E-state index in [1.54, 1.807) is 0 Å². The number of hydrogen-bond donors (Lipinski definition) is 0. The highest BCUT2D eigenvalue weighted by Gasteiger charge is 2.33. The van der Waals surface area contributed by atoms with E-state index >= 15 is 0 Å². The van der Waals surface area contributed by atoms with Crippen molar-refractivity contribution in [3.63, 3.8) is 0 Å². The zero-order valence-corrected chi connectivity index (χ0v) is 12.6. The average Bonchev–Trinajstić information content (AvgIpc) is 2.83. The van der Waals surface area contributed by atoms with Crippen molar-refractivity contribution >= 4 is 11.6 Å². The maximum absolute atomic E-state index is 6.69. The molecule has 1 fully saturated rings. The normalized spacial score (nSPS) is 27.1. The van der Waals surface area contributed by atoms with E-state index in [9.17, 15) is 0 Å². The van der Waals surface area contributed by atoms with E-state index in [1.165, 1.54) is 0 Å². The Morgan fingerprint density at radius 1 is 1.20 bits per heavy atom. The van der Waals surface area contributed by atoms with E-state index in [0.29, 0.717) is 19.1 Å². The van der Waals surface area contributed by atoms with Crippen LogP contribution in [0.15, 0.2) is 18.2 Å². The maximum atomic E-state index is 6.69. The van der Waals surface area contributed by atoms with E-state index in [1.807, 2.05) is 12.1 Å². The molecule has 3 atom stereocenters. The quantitative estimate of drug-likeness (QED) is 0.791. The van der Waals surface area contributed by atoms with Gasteiger partial charge in [0.05, 0.1) is 24.7 Å². The molecule has 4 heteroatoms. The Labute approximate surface area is 125 Å². The molecule has 0 aromatic heterocycles. The van der Waals surface area contributed by atoms with E-state index in [0.717, 1.165) is 42.9 Å². The molecule has 3 rings (SSSR count). The van der Waals surface area contributed by atoms with Crippen LogP contribution in [0.5, 0.6) is 11.5 Å². The summed E-state index contributed by atoms with van der Waals surface area (Å²) in [6, 6.07) is 6.06. The molecule has 1 aromatic carbocycles. The van der Waals surface area contributed by atoms with Crippen molar-refractivity contribution in [2.45, 2.75) is 37.7 Å². The van der Waals surface area contributed by atoms with Crippen molar-refractivity contribution in [2.75, 3.05) is 19.8 Å². The minimum absolute atomic E-state index is 0.0281. The summed E-state index contributed by atoms with van der Waals surface area (Å²) in [5, 5.41) is -0.0281. The molecule has 0 bridgehead atoms. The molecule has 3 unspecified atom stereocenters. The van der Waals surface area contributed by atoms with Gasteiger partial charge in [-0.15, -0.1) is 11.6 Å². The Balaban J connectivity index is 1.81. The van der Waals surface area contributed by atoms with Gasteiger partial charge in [-0.2, -0.15) is 0 Å². The smallest absolute Gasteiger partial charge is 0.161 e. The molecular formula is C16H21ClO3. The van der Waals surface area contributed by atoms with E-state index in [2.05, 4.69) is 13.0 Å². The van der Waals surface area contributed by atoms with Gasteiger partial charge in [-0.05, 0) is 30.5 Å². The van der Waals surface area contributed by atoms with Gasteiger partial charge in [-0.3, -0.25) is 0 Å². The molecule has 2 aliphatic rings. The third kappa shape index (κ3) is 2.75. The van der Waals surface area contributed by atoms with Gasteiger partial charge >= 0.3 is 0 Å². The first-order chi connectivity index (χ1) is 9.79. The standard InChI is InChI=1S/C16H21ClO3/c1-2-13-12(6-9-20-13)16(17)11-4-5-14-15(10-11)19-8-3-7-18-14/h4-5,10,12-13,16H,2-3,6-9H2,1H3. The maximum Gasteiger partial charge on any atom is 0.161 e. The molecule has 0 saturated carbocycles. The first-order valence-electron chi connectivity index (χ1n) is 7.45.